The maximum atomic E-state index is 12.1. The zero-order chi connectivity index (χ0) is 18.3. The van der Waals surface area contributed by atoms with Gasteiger partial charge in [-0.05, 0) is 100 Å². The predicted molar refractivity (Wildman–Crippen MR) is 128 cm³/mol. The summed E-state index contributed by atoms with van der Waals surface area (Å²) in [6.45, 7) is 5.89. The number of thioether (sulfide) groups is 1. The molecular weight excluding hydrogens is 665 g/mol. The fraction of sp³-hybridized carbons (Fsp3) is 0.500. The molecule has 0 saturated carbocycles. The Morgan fingerprint density at radius 3 is 2.25 bits per heavy atom. The molecule has 0 aliphatic rings. The van der Waals surface area contributed by atoms with Crippen molar-refractivity contribution in [2.75, 3.05) is 11.1 Å². The highest BCUT2D eigenvalue weighted by molar-refractivity contribution is 14.1. The molecule has 0 heterocycles. The smallest absolute Gasteiger partial charge is 0.233 e. The van der Waals surface area contributed by atoms with Crippen molar-refractivity contribution in [1.29, 1.82) is 0 Å². The van der Waals surface area contributed by atoms with Crippen molar-refractivity contribution in [3.8, 4) is 0 Å². The van der Waals surface area contributed by atoms with Crippen LogP contribution < -0.4 is 10.6 Å². The monoisotopic (exact) mass is 686 g/mol. The van der Waals surface area contributed by atoms with Crippen LogP contribution in [0.3, 0.4) is 0 Å². The Morgan fingerprint density at radius 1 is 1.17 bits per heavy atom. The second-order valence-electron chi connectivity index (χ2n) is 5.48. The van der Waals surface area contributed by atoms with Crippen LogP contribution in [-0.4, -0.2) is 28.9 Å². The first-order valence-corrected chi connectivity index (χ1v) is 11.9. The number of halogens is 3. The van der Waals surface area contributed by atoms with E-state index in [9.17, 15) is 9.59 Å². The van der Waals surface area contributed by atoms with Gasteiger partial charge in [-0.25, -0.2) is 0 Å². The number of carbonyl (C=O) groups is 2. The molecule has 0 aromatic heterocycles. The average molecular weight is 686 g/mol. The molecule has 0 radical (unpaired) electrons. The van der Waals surface area contributed by atoms with E-state index in [1.54, 1.807) is 11.8 Å². The topological polar surface area (TPSA) is 58.2 Å². The van der Waals surface area contributed by atoms with Crippen LogP contribution in [0.25, 0.3) is 0 Å². The quantitative estimate of drug-likeness (QED) is 0.304. The van der Waals surface area contributed by atoms with Crippen LogP contribution in [0.2, 0.25) is 0 Å². The lowest BCUT2D eigenvalue weighted by molar-refractivity contribution is -0.121. The van der Waals surface area contributed by atoms with Gasteiger partial charge in [0.05, 0.1) is 5.25 Å². The zero-order valence-corrected chi connectivity index (χ0v) is 21.1. The summed E-state index contributed by atoms with van der Waals surface area (Å²) in [6.07, 6.45) is 1.16. The first-order valence-electron chi connectivity index (χ1n) is 7.61. The number of nitrogens with one attached hydrogen (secondary N) is 2. The molecule has 0 fully saturated rings. The second kappa shape index (κ2) is 11.4. The molecular formula is C16H21I3N2O2S. The van der Waals surface area contributed by atoms with Crippen LogP contribution in [0.4, 0.5) is 5.69 Å². The first kappa shape index (κ1) is 22.7. The summed E-state index contributed by atoms with van der Waals surface area (Å²) in [6, 6.07) is 4.09. The first-order chi connectivity index (χ1) is 11.2. The summed E-state index contributed by atoms with van der Waals surface area (Å²) in [5.41, 5.74) is 0.823. The average Bonchev–Trinajstić information content (AvgIpc) is 2.48. The number of carbonyl (C=O) groups excluding carboxylic acids is 2. The van der Waals surface area contributed by atoms with E-state index in [-0.39, 0.29) is 23.1 Å². The summed E-state index contributed by atoms with van der Waals surface area (Å²) in [7, 11) is 0. The normalized spacial score (nSPS) is 12.1. The highest BCUT2D eigenvalue weighted by Crippen LogP contribution is 2.25. The third-order valence-electron chi connectivity index (χ3n) is 3.01. The van der Waals surface area contributed by atoms with Crippen LogP contribution in [0.15, 0.2) is 12.1 Å². The Bertz CT molecular complexity index is 574. The summed E-state index contributed by atoms with van der Waals surface area (Å²) < 4.78 is 3.45. The van der Waals surface area contributed by atoms with Gasteiger partial charge < -0.3 is 10.6 Å². The van der Waals surface area contributed by atoms with Gasteiger partial charge in [0.15, 0.2) is 0 Å². The summed E-state index contributed by atoms with van der Waals surface area (Å²) in [5.74, 6) is 0.670. The van der Waals surface area contributed by atoms with Crippen molar-refractivity contribution in [3.63, 3.8) is 0 Å². The molecule has 0 bridgehead atoms. The van der Waals surface area contributed by atoms with Crippen LogP contribution in [-0.2, 0) is 9.59 Å². The van der Waals surface area contributed by atoms with Gasteiger partial charge in [0.1, 0.15) is 0 Å². The van der Waals surface area contributed by atoms with E-state index < -0.39 is 0 Å². The Morgan fingerprint density at radius 2 is 1.75 bits per heavy atom. The minimum Gasteiger partial charge on any atom is -0.353 e. The third kappa shape index (κ3) is 7.94. The molecule has 8 heteroatoms. The minimum atomic E-state index is -0.0969. The van der Waals surface area contributed by atoms with E-state index in [4.69, 9.17) is 0 Å². The fourth-order valence-electron chi connectivity index (χ4n) is 1.90. The standard InChI is InChI=1S/C16H21I3N2O2S/c1-4-13(16(23)20-9(2)3)24-6-5-14(22)21-10-7-11(17)15(19)12(18)8-10/h7-9,13H,4-6H2,1-3H3,(H,20,23)(H,21,22). The van der Waals surface area contributed by atoms with Gasteiger partial charge in [0.2, 0.25) is 11.8 Å². The highest BCUT2D eigenvalue weighted by atomic mass is 127. The van der Waals surface area contributed by atoms with Crippen molar-refractivity contribution >= 4 is 97.0 Å². The Labute approximate surface area is 188 Å². The fourth-order valence-corrected chi connectivity index (χ4v) is 5.02. The number of rotatable bonds is 8. The minimum absolute atomic E-state index is 0.0190. The molecule has 24 heavy (non-hydrogen) atoms. The molecule has 1 unspecified atom stereocenters. The molecule has 1 atom stereocenters. The van der Waals surface area contributed by atoms with Crippen LogP contribution >= 0.6 is 79.5 Å². The largest absolute Gasteiger partial charge is 0.353 e. The molecule has 2 N–H and O–H groups in total. The molecule has 1 aromatic rings. The highest BCUT2D eigenvalue weighted by Gasteiger charge is 2.18. The van der Waals surface area contributed by atoms with Gasteiger partial charge in [-0.15, -0.1) is 11.8 Å². The van der Waals surface area contributed by atoms with Gasteiger partial charge in [-0.3, -0.25) is 9.59 Å². The van der Waals surface area contributed by atoms with Crippen LogP contribution in [0.1, 0.15) is 33.6 Å². The lowest BCUT2D eigenvalue weighted by Gasteiger charge is -2.16. The number of benzene rings is 1. The number of anilines is 1. The number of hydrogen-bond acceptors (Lipinski definition) is 3. The SMILES string of the molecule is CCC(SCCC(=O)Nc1cc(I)c(I)c(I)c1)C(=O)NC(C)C. The Hall–Kier alpha value is 0.700. The van der Waals surface area contributed by atoms with Crippen molar-refractivity contribution in [2.24, 2.45) is 0 Å². The lowest BCUT2D eigenvalue weighted by Crippen LogP contribution is -2.37. The number of hydrogen-bond donors (Lipinski definition) is 2. The van der Waals surface area contributed by atoms with E-state index in [0.29, 0.717) is 12.2 Å². The molecule has 134 valence electrons. The zero-order valence-electron chi connectivity index (χ0n) is 13.8. The second-order valence-corrected chi connectivity index (χ2v) is 10.2. The maximum Gasteiger partial charge on any atom is 0.233 e. The van der Waals surface area contributed by atoms with E-state index in [1.807, 2.05) is 32.9 Å². The van der Waals surface area contributed by atoms with E-state index in [0.717, 1.165) is 19.2 Å². The van der Waals surface area contributed by atoms with Gasteiger partial charge in [0, 0.05) is 34.6 Å². The maximum absolute atomic E-state index is 12.1. The van der Waals surface area contributed by atoms with Gasteiger partial charge in [0.25, 0.3) is 0 Å². The van der Waals surface area contributed by atoms with Gasteiger partial charge in [-0.2, -0.15) is 0 Å². The van der Waals surface area contributed by atoms with Crippen LogP contribution in [0, 0.1) is 10.7 Å². The molecule has 0 aliphatic carbocycles. The molecule has 0 aliphatic heterocycles. The summed E-state index contributed by atoms with van der Waals surface area (Å²) >= 11 is 8.38. The van der Waals surface area contributed by atoms with Crippen molar-refractivity contribution < 1.29 is 9.59 Å². The van der Waals surface area contributed by atoms with Crippen molar-refractivity contribution in [1.82, 2.24) is 5.32 Å². The van der Waals surface area contributed by atoms with Crippen molar-refractivity contribution in [3.05, 3.63) is 22.8 Å². The van der Waals surface area contributed by atoms with Crippen molar-refractivity contribution in [2.45, 2.75) is 44.9 Å². The summed E-state index contributed by atoms with van der Waals surface area (Å²) in [4.78, 5) is 24.1. The third-order valence-corrected chi connectivity index (χ3v) is 9.33. The van der Waals surface area contributed by atoms with Gasteiger partial charge in [-0.1, -0.05) is 6.92 Å². The molecule has 1 aromatic carbocycles. The Balaban J connectivity index is 2.47. The van der Waals surface area contributed by atoms with E-state index >= 15 is 0 Å². The molecule has 1 rings (SSSR count). The van der Waals surface area contributed by atoms with Gasteiger partial charge >= 0.3 is 0 Å². The van der Waals surface area contributed by atoms with E-state index in [1.165, 1.54) is 3.57 Å². The molecule has 0 spiro atoms. The van der Waals surface area contributed by atoms with Crippen LogP contribution in [0.5, 0.6) is 0 Å². The molecule has 2 amide bonds. The lowest BCUT2D eigenvalue weighted by atomic mass is 10.3. The summed E-state index contributed by atoms with van der Waals surface area (Å²) in [5, 5.41) is 5.77. The predicted octanol–water partition coefficient (Wildman–Crippen LogP) is 4.87. The molecule has 4 nitrogen and oxygen atoms in total. The number of amides is 2. The van der Waals surface area contributed by atoms with E-state index in [2.05, 4.69) is 78.4 Å². The Kier molecular flexibility index (Phi) is 10.8. The molecule has 0 saturated heterocycles.